The number of carbonyl (C=O) groups is 1. The highest BCUT2D eigenvalue weighted by molar-refractivity contribution is 7.90. The van der Waals surface area contributed by atoms with Gasteiger partial charge in [0.2, 0.25) is 10.0 Å². The minimum absolute atomic E-state index is 0.193. The fourth-order valence-corrected chi connectivity index (χ4v) is 2.55. The normalized spacial score (nSPS) is 13.4. The molecule has 1 aromatic heterocycles. The molecule has 1 unspecified atom stereocenters. The Labute approximate surface area is 112 Å². The molecule has 108 valence electrons. The highest BCUT2D eigenvalue weighted by atomic mass is 32.2. The first kappa shape index (κ1) is 15.6. The number of rotatable bonds is 7. The summed E-state index contributed by atoms with van der Waals surface area (Å²) in [6, 6.07) is 1.94. The molecule has 0 aliphatic carbocycles. The van der Waals surface area contributed by atoms with Crippen molar-refractivity contribution < 1.29 is 18.3 Å². The lowest BCUT2D eigenvalue weighted by Gasteiger charge is -2.10. The van der Waals surface area contributed by atoms with E-state index in [9.17, 15) is 13.2 Å². The van der Waals surface area contributed by atoms with Gasteiger partial charge in [0.25, 0.3) is 0 Å². The number of carboxylic acids is 1. The van der Waals surface area contributed by atoms with Crippen LogP contribution in [0.3, 0.4) is 0 Å². The van der Waals surface area contributed by atoms with E-state index in [-0.39, 0.29) is 6.54 Å². The fourth-order valence-electron chi connectivity index (χ4n) is 1.60. The number of hydrogen-bond acceptors (Lipinski definition) is 4. The molecule has 2 N–H and O–H groups in total. The van der Waals surface area contributed by atoms with Crippen LogP contribution < -0.4 is 4.72 Å². The van der Waals surface area contributed by atoms with Crippen LogP contribution in [0, 0.1) is 13.8 Å². The molecular weight excluding hydrogens is 270 g/mol. The third-order valence-electron chi connectivity index (χ3n) is 2.77. The lowest BCUT2D eigenvalue weighted by Crippen LogP contribution is -2.38. The van der Waals surface area contributed by atoms with E-state index in [0.717, 1.165) is 18.3 Å². The van der Waals surface area contributed by atoms with Crippen LogP contribution in [0.1, 0.15) is 24.7 Å². The van der Waals surface area contributed by atoms with E-state index in [4.69, 9.17) is 5.11 Å². The average Bonchev–Trinajstić information content (AvgIpc) is 2.62. The second-order valence-corrected chi connectivity index (χ2v) is 6.51. The Morgan fingerprint density at radius 2 is 2.16 bits per heavy atom. The zero-order valence-electron chi connectivity index (χ0n) is 11.3. The van der Waals surface area contributed by atoms with Crippen molar-refractivity contribution >= 4 is 16.0 Å². The number of aromatic nitrogens is 2. The predicted molar refractivity (Wildman–Crippen MR) is 70.3 cm³/mol. The Kier molecular flexibility index (Phi) is 5.07. The van der Waals surface area contributed by atoms with Crippen molar-refractivity contribution in [1.82, 2.24) is 14.5 Å². The van der Waals surface area contributed by atoms with Crippen LogP contribution in [-0.2, 0) is 21.4 Å². The molecule has 1 aromatic rings. The van der Waals surface area contributed by atoms with Gasteiger partial charge in [-0.3, -0.25) is 9.48 Å². The first-order valence-corrected chi connectivity index (χ1v) is 7.51. The maximum atomic E-state index is 11.5. The molecule has 0 fully saturated rings. The number of nitrogens with zero attached hydrogens (tertiary/aromatic N) is 2. The number of aliphatic carboxylic acids is 1. The summed E-state index contributed by atoms with van der Waals surface area (Å²) < 4.78 is 27.2. The van der Waals surface area contributed by atoms with Gasteiger partial charge in [0, 0.05) is 18.8 Å². The maximum Gasteiger partial charge on any atom is 0.323 e. The third kappa shape index (κ3) is 4.32. The standard InChI is InChI=1S/C11H19N3O4S/c1-8-7-9(2)14(13-8)6-4-5-12-19(17,18)10(3)11(15)16/h7,10,12H,4-6H2,1-3H3,(H,15,16). The fraction of sp³-hybridized carbons (Fsp3) is 0.636. The number of sulfonamides is 1. The molecule has 0 saturated heterocycles. The minimum atomic E-state index is -3.80. The molecule has 1 rings (SSSR count). The van der Waals surface area contributed by atoms with Gasteiger partial charge in [-0.1, -0.05) is 0 Å². The van der Waals surface area contributed by atoms with Crippen LogP contribution in [0.4, 0.5) is 0 Å². The molecule has 0 aliphatic heterocycles. The molecule has 7 nitrogen and oxygen atoms in total. The Morgan fingerprint density at radius 3 is 2.63 bits per heavy atom. The second-order valence-electron chi connectivity index (χ2n) is 4.42. The number of aryl methyl sites for hydroxylation is 3. The number of hydrogen-bond donors (Lipinski definition) is 2. The van der Waals surface area contributed by atoms with Crippen LogP contribution in [0.2, 0.25) is 0 Å². The van der Waals surface area contributed by atoms with E-state index < -0.39 is 21.2 Å². The molecule has 0 spiro atoms. The van der Waals surface area contributed by atoms with Crippen LogP contribution in [0.5, 0.6) is 0 Å². The van der Waals surface area contributed by atoms with Crippen LogP contribution in [0.25, 0.3) is 0 Å². The van der Waals surface area contributed by atoms with Crippen molar-refractivity contribution in [2.75, 3.05) is 6.54 Å². The Morgan fingerprint density at radius 1 is 1.53 bits per heavy atom. The second kappa shape index (κ2) is 6.16. The quantitative estimate of drug-likeness (QED) is 0.702. The van der Waals surface area contributed by atoms with E-state index >= 15 is 0 Å². The van der Waals surface area contributed by atoms with E-state index in [0.29, 0.717) is 13.0 Å². The minimum Gasteiger partial charge on any atom is -0.480 e. The summed E-state index contributed by atoms with van der Waals surface area (Å²) in [4.78, 5) is 10.6. The summed E-state index contributed by atoms with van der Waals surface area (Å²) in [5.41, 5.74) is 1.93. The summed E-state index contributed by atoms with van der Waals surface area (Å²) in [6.07, 6.45) is 0.549. The van der Waals surface area contributed by atoms with Gasteiger partial charge in [-0.15, -0.1) is 0 Å². The predicted octanol–water partition coefficient (Wildman–Crippen LogP) is 0.283. The number of carboxylic acid groups (broad SMARTS) is 1. The summed E-state index contributed by atoms with van der Waals surface area (Å²) in [6.45, 7) is 5.74. The van der Waals surface area contributed by atoms with Crippen molar-refractivity contribution in [2.45, 2.75) is 39.0 Å². The molecule has 1 heterocycles. The first-order valence-electron chi connectivity index (χ1n) is 5.96. The Balaban J connectivity index is 2.43. The molecule has 19 heavy (non-hydrogen) atoms. The van der Waals surface area contributed by atoms with Crippen molar-refractivity contribution in [3.63, 3.8) is 0 Å². The molecule has 0 aliphatic rings. The summed E-state index contributed by atoms with van der Waals surface area (Å²) in [7, 11) is -3.80. The zero-order chi connectivity index (χ0) is 14.6. The van der Waals surface area contributed by atoms with E-state index in [2.05, 4.69) is 9.82 Å². The molecule has 0 amide bonds. The van der Waals surface area contributed by atoms with E-state index in [1.54, 1.807) is 4.68 Å². The van der Waals surface area contributed by atoms with Gasteiger partial charge in [-0.2, -0.15) is 5.10 Å². The molecule has 0 aromatic carbocycles. The zero-order valence-corrected chi connectivity index (χ0v) is 12.1. The van der Waals surface area contributed by atoms with Crippen molar-refractivity contribution in [3.8, 4) is 0 Å². The van der Waals surface area contributed by atoms with Gasteiger partial charge in [0.1, 0.15) is 0 Å². The van der Waals surface area contributed by atoms with Gasteiger partial charge >= 0.3 is 5.97 Å². The van der Waals surface area contributed by atoms with Gasteiger partial charge in [0.05, 0.1) is 5.69 Å². The van der Waals surface area contributed by atoms with E-state index in [1.807, 2.05) is 19.9 Å². The number of nitrogens with one attached hydrogen (secondary N) is 1. The highest BCUT2D eigenvalue weighted by Crippen LogP contribution is 2.03. The van der Waals surface area contributed by atoms with Crippen LogP contribution in [0.15, 0.2) is 6.07 Å². The molecular formula is C11H19N3O4S. The van der Waals surface area contributed by atoms with Gasteiger partial charge in [-0.05, 0) is 33.3 Å². The Bertz CT molecular complexity index is 550. The smallest absolute Gasteiger partial charge is 0.323 e. The van der Waals surface area contributed by atoms with Gasteiger partial charge < -0.3 is 5.11 Å². The average molecular weight is 289 g/mol. The molecule has 0 saturated carbocycles. The summed E-state index contributed by atoms with van der Waals surface area (Å²) >= 11 is 0. The summed E-state index contributed by atoms with van der Waals surface area (Å²) in [5, 5.41) is 11.5. The monoisotopic (exact) mass is 289 g/mol. The third-order valence-corrected chi connectivity index (χ3v) is 4.51. The SMILES string of the molecule is Cc1cc(C)n(CCCNS(=O)(=O)C(C)C(=O)O)n1. The molecule has 0 radical (unpaired) electrons. The first-order chi connectivity index (χ1) is 8.74. The van der Waals surface area contributed by atoms with Gasteiger partial charge in [-0.25, -0.2) is 13.1 Å². The van der Waals surface area contributed by atoms with E-state index in [1.165, 1.54) is 0 Å². The Hall–Kier alpha value is -1.41. The lowest BCUT2D eigenvalue weighted by molar-refractivity contribution is -0.136. The van der Waals surface area contributed by atoms with Gasteiger partial charge in [0.15, 0.2) is 5.25 Å². The van der Waals surface area contributed by atoms with Crippen molar-refractivity contribution in [3.05, 3.63) is 17.5 Å². The van der Waals surface area contributed by atoms with Crippen molar-refractivity contribution in [2.24, 2.45) is 0 Å². The maximum absolute atomic E-state index is 11.5. The van der Waals surface area contributed by atoms with Crippen LogP contribution in [-0.4, -0.2) is 41.1 Å². The summed E-state index contributed by atoms with van der Waals surface area (Å²) in [5.74, 6) is -1.36. The molecule has 8 heteroatoms. The lowest BCUT2D eigenvalue weighted by atomic mass is 10.4. The topological polar surface area (TPSA) is 101 Å². The molecule has 0 bridgehead atoms. The highest BCUT2D eigenvalue weighted by Gasteiger charge is 2.26. The largest absolute Gasteiger partial charge is 0.480 e. The van der Waals surface area contributed by atoms with Crippen LogP contribution >= 0.6 is 0 Å². The molecule has 1 atom stereocenters. The van der Waals surface area contributed by atoms with Crippen molar-refractivity contribution in [1.29, 1.82) is 0 Å².